The third kappa shape index (κ3) is 9.81. The smallest absolute Gasteiger partial charge is 0.370 e. The highest BCUT2D eigenvalue weighted by atomic mass is 19.4. The second-order valence-electron chi connectivity index (χ2n) is 10.2. The molecule has 2 aliphatic rings. The first-order valence-electron chi connectivity index (χ1n) is 13.4. The Morgan fingerprint density at radius 1 is 0.975 bits per heavy atom. The normalized spacial score (nSPS) is 18.3. The van der Waals surface area contributed by atoms with Crippen LogP contribution in [0.3, 0.4) is 0 Å². The van der Waals surface area contributed by atoms with Crippen LogP contribution >= 0.6 is 0 Å². The van der Waals surface area contributed by atoms with E-state index in [2.05, 4.69) is 21.3 Å². The van der Waals surface area contributed by atoms with Crippen LogP contribution in [-0.4, -0.2) is 97.0 Å². The Hall–Kier alpha value is -3.12. The van der Waals surface area contributed by atoms with Gasteiger partial charge in [-0.2, -0.15) is 13.2 Å². The molecular formula is C28H39F5N6O. The molecule has 7 nitrogen and oxygen atoms in total. The van der Waals surface area contributed by atoms with Gasteiger partial charge in [0.1, 0.15) is 0 Å². The van der Waals surface area contributed by atoms with E-state index in [9.17, 15) is 26.7 Å². The second kappa shape index (κ2) is 14.0. The van der Waals surface area contributed by atoms with E-state index in [0.717, 1.165) is 61.5 Å². The van der Waals surface area contributed by atoms with Crippen LogP contribution in [0.5, 0.6) is 0 Å². The molecule has 3 rings (SSSR count). The van der Waals surface area contributed by atoms with Gasteiger partial charge in [-0.1, -0.05) is 6.58 Å². The molecule has 0 radical (unpaired) electrons. The molecule has 0 atom stereocenters. The molecule has 12 heteroatoms. The summed E-state index contributed by atoms with van der Waals surface area (Å²) in [6.07, 6.45) is 3.30. The summed E-state index contributed by atoms with van der Waals surface area (Å²) in [5.41, 5.74) is 0.941. The number of carbonyl (C=O) groups is 1. The Labute approximate surface area is 232 Å². The highest BCUT2D eigenvalue weighted by Crippen LogP contribution is 2.30. The zero-order valence-electron chi connectivity index (χ0n) is 22.9. The van der Waals surface area contributed by atoms with Gasteiger partial charge in [0, 0.05) is 89.8 Å². The van der Waals surface area contributed by atoms with E-state index in [-0.39, 0.29) is 5.91 Å². The molecule has 2 heterocycles. The minimum Gasteiger partial charge on any atom is -0.370 e. The number of hydrogen-bond acceptors (Lipinski definition) is 6. The van der Waals surface area contributed by atoms with Crippen LogP contribution in [0, 0.1) is 0 Å². The maximum atomic E-state index is 13.1. The number of benzene rings is 1. The fraction of sp³-hybridized carbons (Fsp3) is 0.536. The summed E-state index contributed by atoms with van der Waals surface area (Å²) >= 11 is 0. The SMILES string of the molecule is C=C/C(=C\C=CN(N)CC(C)(F)F)N1CCCN(C(=O)CCN2CCN(c3ccc(C(F)(F)F)cc3)CC2)CC1. The summed E-state index contributed by atoms with van der Waals surface area (Å²) in [6, 6.07) is 5.23. The summed E-state index contributed by atoms with van der Waals surface area (Å²) in [4.78, 5) is 21.2. The highest BCUT2D eigenvalue weighted by molar-refractivity contribution is 5.76. The van der Waals surface area contributed by atoms with Gasteiger partial charge >= 0.3 is 6.18 Å². The number of hydrogen-bond donors (Lipinski definition) is 1. The first-order chi connectivity index (χ1) is 18.9. The van der Waals surface area contributed by atoms with Gasteiger partial charge in [-0.3, -0.25) is 9.69 Å². The summed E-state index contributed by atoms with van der Waals surface area (Å²) in [7, 11) is 0. The predicted octanol–water partition coefficient (Wildman–Crippen LogP) is 4.17. The van der Waals surface area contributed by atoms with Crippen LogP contribution in [0.4, 0.5) is 27.6 Å². The number of carbonyl (C=O) groups excluding carboxylic acids is 1. The summed E-state index contributed by atoms with van der Waals surface area (Å²) in [5.74, 6) is 2.79. The van der Waals surface area contributed by atoms with Crippen molar-refractivity contribution in [3.05, 3.63) is 66.5 Å². The molecule has 40 heavy (non-hydrogen) atoms. The van der Waals surface area contributed by atoms with Crippen LogP contribution in [0.2, 0.25) is 0 Å². The molecule has 1 aromatic rings. The van der Waals surface area contributed by atoms with Gasteiger partial charge in [0.2, 0.25) is 5.91 Å². The van der Waals surface area contributed by atoms with Crippen molar-refractivity contribution in [1.82, 2.24) is 19.7 Å². The van der Waals surface area contributed by atoms with E-state index in [1.165, 1.54) is 18.3 Å². The maximum Gasteiger partial charge on any atom is 0.416 e. The summed E-state index contributed by atoms with van der Waals surface area (Å²) < 4.78 is 64.6. The minimum absolute atomic E-state index is 0.0929. The molecule has 0 saturated carbocycles. The predicted molar refractivity (Wildman–Crippen MR) is 146 cm³/mol. The van der Waals surface area contributed by atoms with Gasteiger partial charge in [-0.25, -0.2) is 14.6 Å². The summed E-state index contributed by atoms with van der Waals surface area (Å²) in [5, 5.41) is 0.939. The lowest BCUT2D eigenvalue weighted by molar-refractivity contribution is -0.137. The van der Waals surface area contributed by atoms with Crippen molar-refractivity contribution in [2.75, 3.05) is 70.3 Å². The standard InChI is InChI=1S/C28H39F5N6O/c1-3-24(6-4-14-39(34)22-27(2,29)30)36-12-5-13-38(21-20-36)26(40)11-15-35-16-18-37(19-17-35)25-9-7-23(8-10-25)28(31,32)33/h3-4,6-10,14H,1,5,11-13,15-22,34H2,2H3/b14-4?,24-6+. The number of allylic oxidation sites excluding steroid dienone is 3. The van der Waals surface area contributed by atoms with Crippen LogP contribution < -0.4 is 10.7 Å². The Kier molecular flexibility index (Phi) is 11.0. The first-order valence-corrected chi connectivity index (χ1v) is 13.4. The van der Waals surface area contributed by atoms with E-state index in [4.69, 9.17) is 5.84 Å². The van der Waals surface area contributed by atoms with Crippen molar-refractivity contribution in [3.63, 3.8) is 0 Å². The van der Waals surface area contributed by atoms with E-state index in [0.29, 0.717) is 45.7 Å². The Morgan fingerprint density at radius 2 is 1.60 bits per heavy atom. The number of halogens is 5. The topological polar surface area (TPSA) is 59.3 Å². The van der Waals surface area contributed by atoms with Crippen molar-refractivity contribution in [1.29, 1.82) is 0 Å². The van der Waals surface area contributed by atoms with Crippen LogP contribution in [-0.2, 0) is 11.0 Å². The van der Waals surface area contributed by atoms with Crippen molar-refractivity contribution >= 4 is 11.6 Å². The molecule has 0 bridgehead atoms. The number of rotatable bonds is 10. The molecule has 2 saturated heterocycles. The lowest BCUT2D eigenvalue weighted by atomic mass is 10.1. The lowest BCUT2D eigenvalue weighted by Gasteiger charge is -2.36. The molecule has 0 aromatic heterocycles. The van der Waals surface area contributed by atoms with E-state index >= 15 is 0 Å². The van der Waals surface area contributed by atoms with Crippen LogP contribution in [0.1, 0.15) is 25.3 Å². The third-order valence-corrected chi connectivity index (χ3v) is 7.00. The molecule has 1 aromatic carbocycles. The molecule has 0 unspecified atom stereocenters. The van der Waals surface area contributed by atoms with Crippen molar-refractivity contribution in [3.8, 4) is 0 Å². The number of hydrazine groups is 1. The van der Waals surface area contributed by atoms with Gasteiger partial charge in [0.25, 0.3) is 5.92 Å². The van der Waals surface area contributed by atoms with Crippen LogP contribution in [0.15, 0.2) is 61.0 Å². The zero-order chi connectivity index (χ0) is 29.3. The van der Waals surface area contributed by atoms with Gasteiger partial charge in [0.05, 0.1) is 12.1 Å². The van der Waals surface area contributed by atoms with Gasteiger partial charge in [-0.05, 0) is 48.9 Å². The van der Waals surface area contributed by atoms with E-state index in [1.807, 2.05) is 4.90 Å². The van der Waals surface area contributed by atoms with Crippen LogP contribution in [0.25, 0.3) is 0 Å². The lowest BCUT2D eigenvalue weighted by Crippen LogP contribution is -2.47. The second-order valence-corrected chi connectivity index (χ2v) is 10.2. The van der Waals surface area contributed by atoms with Gasteiger partial charge in [-0.15, -0.1) is 0 Å². The third-order valence-electron chi connectivity index (χ3n) is 7.00. The number of anilines is 1. The Bertz CT molecular complexity index is 1030. The molecule has 0 spiro atoms. The quantitative estimate of drug-likeness (QED) is 0.197. The van der Waals surface area contributed by atoms with Crippen molar-refractivity contribution < 1.29 is 26.7 Å². The number of amides is 1. The average Bonchev–Trinajstić information content (AvgIpc) is 3.15. The van der Waals surface area contributed by atoms with Gasteiger partial charge in [0.15, 0.2) is 0 Å². The minimum atomic E-state index is -4.34. The fourth-order valence-corrected chi connectivity index (χ4v) is 4.86. The fourth-order valence-electron chi connectivity index (χ4n) is 4.86. The number of piperazine rings is 1. The molecular weight excluding hydrogens is 531 g/mol. The summed E-state index contributed by atoms with van der Waals surface area (Å²) in [6.45, 7) is 10.1. The molecule has 0 aliphatic carbocycles. The number of alkyl halides is 5. The van der Waals surface area contributed by atoms with E-state index in [1.54, 1.807) is 18.2 Å². The number of nitrogens with zero attached hydrogens (tertiary/aromatic N) is 5. The Balaban J connectivity index is 1.42. The molecule has 2 N–H and O–H groups in total. The van der Waals surface area contributed by atoms with E-state index < -0.39 is 24.2 Å². The molecule has 2 fully saturated rings. The zero-order valence-corrected chi connectivity index (χ0v) is 22.9. The average molecular weight is 571 g/mol. The highest BCUT2D eigenvalue weighted by Gasteiger charge is 2.30. The van der Waals surface area contributed by atoms with Crippen molar-refractivity contribution in [2.24, 2.45) is 5.84 Å². The molecule has 1 amide bonds. The molecule has 222 valence electrons. The number of nitrogens with two attached hydrogens (primary N) is 1. The first kappa shape index (κ1) is 31.4. The molecule has 2 aliphatic heterocycles. The van der Waals surface area contributed by atoms with Gasteiger partial charge < -0.3 is 19.7 Å². The largest absolute Gasteiger partial charge is 0.416 e. The maximum absolute atomic E-state index is 13.1. The monoisotopic (exact) mass is 570 g/mol. The van der Waals surface area contributed by atoms with Crippen molar-refractivity contribution in [2.45, 2.75) is 31.9 Å². The Morgan fingerprint density at radius 3 is 2.20 bits per heavy atom.